The molecule has 0 aliphatic carbocycles. The Balaban J connectivity index is 1.95. The number of methoxy groups -OCH3 is 2. The highest BCUT2D eigenvalue weighted by atomic mass is 16.5. The van der Waals surface area contributed by atoms with Crippen molar-refractivity contribution in [1.29, 1.82) is 0 Å². The fourth-order valence-electron chi connectivity index (χ4n) is 3.08. The zero-order chi connectivity index (χ0) is 23.5. The van der Waals surface area contributed by atoms with Gasteiger partial charge in [0.05, 0.1) is 33.0 Å². The first kappa shape index (κ1) is 24.8. The van der Waals surface area contributed by atoms with Crippen molar-refractivity contribution in [3.63, 3.8) is 0 Å². The van der Waals surface area contributed by atoms with Crippen LogP contribution < -0.4 is 14.2 Å². The van der Waals surface area contributed by atoms with E-state index >= 15 is 0 Å². The van der Waals surface area contributed by atoms with E-state index in [0.717, 1.165) is 25.7 Å². The summed E-state index contributed by atoms with van der Waals surface area (Å²) in [5.74, 6) is 0.295. The first-order valence-corrected chi connectivity index (χ1v) is 10.4. The third-order valence-electron chi connectivity index (χ3n) is 4.81. The van der Waals surface area contributed by atoms with Crippen LogP contribution in [0.5, 0.6) is 17.2 Å². The number of carboxylic acids is 1. The minimum atomic E-state index is -1.02. The molecule has 2 aromatic rings. The molecule has 0 saturated carbocycles. The number of benzene rings is 2. The zero-order valence-electron chi connectivity index (χ0n) is 18.8. The maximum Gasteiger partial charge on any atom is 0.336 e. The molecule has 0 bridgehead atoms. The van der Waals surface area contributed by atoms with Gasteiger partial charge in [0.15, 0.2) is 11.5 Å². The van der Waals surface area contributed by atoms with E-state index in [2.05, 4.69) is 6.58 Å². The van der Waals surface area contributed by atoms with Gasteiger partial charge in [-0.25, -0.2) is 9.59 Å². The van der Waals surface area contributed by atoms with Gasteiger partial charge in [0.25, 0.3) is 0 Å². The summed E-state index contributed by atoms with van der Waals surface area (Å²) in [7, 11) is 3.08. The van der Waals surface area contributed by atoms with Gasteiger partial charge in [-0.2, -0.15) is 0 Å². The Morgan fingerprint density at radius 2 is 1.59 bits per heavy atom. The Bertz CT molecular complexity index is 949. The van der Waals surface area contributed by atoms with Crippen molar-refractivity contribution in [3.05, 3.63) is 54.1 Å². The number of carboxylic acid groups (broad SMARTS) is 1. The molecular weight excluding hydrogens is 412 g/mol. The van der Waals surface area contributed by atoms with Gasteiger partial charge in [-0.3, -0.25) is 0 Å². The van der Waals surface area contributed by atoms with E-state index in [-0.39, 0.29) is 11.5 Å². The quantitative estimate of drug-likeness (QED) is 0.261. The number of carbonyl (C=O) groups is 2. The predicted octanol–water partition coefficient (Wildman–Crippen LogP) is 5.13. The van der Waals surface area contributed by atoms with Crippen LogP contribution in [0.4, 0.5) is 0 Å². The first-order valence-electron chi connectivity index (χ1n) is 10.4. The average molecular weight is 443 g/mol. The van der Waals surface area contributed by atoms with E-state index < -0.39 is 5.97 Å². The molecule has 0 atom stereocenters. The number of esters is 1. The van der Waals surface area contributed by atoms with Crippen molar-refractivity contribution in [2.45, 2.75) is 32.6 Å². The molecule has 0 saturated heterocycles. The number of carbonyl (C=O) groups excluding carboxylic acids is 1. The maximum absolute atomic E-state index is 11.7. The van der Waals surface area contributed by atoms with Crippen LogP contribution in [-0.2, 0) is 9.53 Å². The Morgan fingerprint density at radius 3 is 2.22 bits per heavy atom. The lowest BCUT2D eigenvalue weighted by Crippen LogP contribution is -2.06. The van der Waals surface area contributed by atoms with Crippen molar-refractivity contribution < 1.29 is 33.6 Å². The van der Waals surface area contributed by atoms with Crippen LogP contribution in [0.3, 0.4) is 0 Å². The molecule has 0 heterocycles. The van der Waals surface area contributed by atoms with E-state index in [1.54, 1.807) is 50.4 Å². The molecule has 32 heavy (non-hydrogen) atoms. The largest absolute Gasteiger partial charge is 0.494 e. The van der Waals surface area contributed by atoms with Gasteiger partial charge in [0.2, 0.25) is 0 Å². The lowest BCUT2D eigenvalue weighted by Gasteiger charge is -2.13. The number of hydrogen-bond acceptors (Lipinski definition) is 6. The molecule has 0 fully saturated rings. The Kier molecular flexibility index (Phi) is 9.60. The molecular formula is C25H30O7. The zero-order valence-corrected chi connectivity index (χ0v) is 18.8. The summed E-state index contributed by atoms with van der Waals surface area (Å²) >= 11 is 0. The van der Waals surface area contributed by atoms with Gasteiger partial charge < -0.3 is 24.1 Å². The van der Waals surface area contributed by atoms with Crippen molar-refractivity contribution in [2.75, 3.05) is 27.4 Å². The molecule has 0 aliphatic heterocycles. The summed E-state index contributed by atoms with van der Waals surface area (Å²) in [6.07, 6.45) is 3.47. The second-order valence-corrected chi connectivity index (χ2v) is 7.26. The van der Waals surface area contributed by atoms with Gasteiger partial charge in [-0.15, -0.1) is 0 Å². The van der Waals surface area contributed by atoms with Crippen LogP contribution in [0.2, 0.25) is 0 Å². The van der Waals surface area contributed by atoms with Crippen LogP contribution in [-0.4, -0.2) is 44.5 Å². The Morgan fingerprint density at radius 1 is 0.906 bits per heavy atom. The minimum absolute atomic E-state index is 0.175. The molecule has 2 aromatic carbocycles. The highest BCUT2D eigenvalue weighted by Gasteiger charge is 2.15. The first-order chi connectivity index (χ1) is 15.4. The topological polar surface area (TPSA) is 91.3 Å². The molecule has 0 aromatic heterocycles. The smallest absolute Gasteiger partial charge is 0.336 e. The van der Waals surface area contributed by atoms with Gasteiger partial charge in [-0.05, 0) is 74.1 Å². The average Bonchev–Trinajstić information content (AvgIpc) is 2.79. The molecule has 0 unspecified atom stereocenters. The highest BCUT2D eigenvalue weighted by molar-refractivity contribution is 5.96. The maximum atomic E-state index is 11.7. The van der Waals surface area contributed by atoms with Crippen molar-refractivity contribution >= 4 is 11.9 Å². The summed E-state index contributed by atoms with van der Waals surface area (Å²) in [6, 6.07) is 10.2. The summed E-state index contributed by atoms with van der Waals surface area (Å²) < 4.78 is 21.5. The van der Waals surface area contributed by atoms with Crippen LogP contribution in [0.1, 0.15) is 43.0 Å². The Labute approximate surface area is 188 Å². The van der Waals surface area contributed by atoms with E-state index in [1.807, 2.05) is 0 Å². The van der Waals surface area contributed by atoms with Gasteiger partial charge in [-0.1, -0.05) is 12.6 Å². The molecule has 0 amide bonds. The number of ether oxygens (including phenoxy) is 4. The van der Waals surface area contributed by atoms with Crippen molar-refractivity contribution in [2.24, 2.45) is 0 Å². The predicted molar refractivity (Wildman–Crippen MR) is 122 cm³/mol. The van der Waals surface area contributed by atoms with E-state index in [4.69, 9.17) is 18.9 Å². The lowest BCUT2D eigenvalue weighted by molar-refractivity contribution is -0.139. The number of aromatic carboxylic acids is 1. The normalized spacial score (nSPS) is 10.3. The molecule has 0 spiro atoms. The Hall–Kier alpha value is -3.48. The fourth-order valence-corrected chi connectivity index (χ4v) is 3.08. The molecule has 172 valence electrons. The lowest BCUT2D eigenvalue weighted by atomic mass is 9.99. The molecule has 0 aliphatic rings. The fraction of sp³-hybridized carbons (Fsp3) is 0.360. The molecule has 7 heteroatoms. The van der Waals surface area contributed by atoms with Crippen LogP contribution in [0.15, 0.2) is 48.6 Å². The van der Waals surface area contributed by atoms with E-state index in [0.29, 0.717) is 47.2 Å². The second-order valence-electron chi connectivity index (χ2n) is 7.26. The standard InChI is InChI=1S/C25H30O7/c1-17(2)25(28)32-14-8-6-5-7-13-31-19-10-11-20(24(26)27)21(16-19)18-9-12-22(29-3)23(15-18)30-4/h9-12,15-16H,1,5-8,13-14H2,2-4H3,(H,26,27). The molecule has 2 rings (SSSR count). The summed E-state index contributed by atoms with van der Waals surface area (Å²) in [4.78, 5) is 23.0. The van der Waals surface area contributed by atoms with Crippen molar-refractivity contribution in [3.8, 4) is 28.4 Å². The highest BCUT2D eigenvalue weighted by Crippen LogP contribution is 2.35. The van der Waals surface area contributed by atoms with E-state index in [9.17, 15) is 14.7 Å². The van der Waals surface area contributed by atoms with Crippen LogP contribution in [0, 0.1) is 0 Å². The molecule has 7 nitrogen and oxygen atoms in total. The summed E-state index contributed by atoms with van der Waals surface area (Å²) in [5, 5.41) is 9.59. The number of hydrogen-bond donors (Lipinski definition) is 1. The third-order valence-corrected chi connectivity index (χ3v) is 4.81. The number of rotatable bonds is 13. The minimum Gasteiger partial charge on any atom is -0.494 e. The monoisotopic (exact) mass is 442 g/mol. The third kappa shape index (κ3) is 7.04. The second kappa shape index (κ2) is 12.4. The van der Waals surface area contributed by atoms with Crippen molar-refractivity contribution in [1.82, 2.24) is 0 Å². The molecule has 1 N–H and O–H groups in total. The van der Waals surface area contributed by atoms with Gasteiger partial charge in [0.1, 0.15) is 5.75 Å². The van der Waals surface area contributed by atoms with E-state index in [1.165, 1.54) is 7.11 Å². The summed E-state index contributed by atoms with van der Waals surface area (Å²) in [5.41, 5.74) is 1.80. The van der Waals surface area contributed by atoms with Gasteiger partial charge in [0, 0.05) is 5.57 Å². The number of unbranched alkanes of at least 4 members (excludes halogenated alkanes) is 3. The summed E-state index contributed by atoms with van der Waals surface area (Å²) in [6.45, 7) is 6.06. The van der Waals surface area contributed by atoms with Crippen LogP contribution >= 0.6 is 0 Å². The SMILES string of the molecule is C=C(C)C(=O)OCCCCCCOc1ccc(C(=O)O)c(-c2ccc(OC)c(OC)c2)c1. The van der Waals surface area contributed by atoms with Crippen LogP contribution in [0.25, 0.3) is 11.1 Å². The van der Waals surface area contributed by atoms with Gasteiger partial charge >= 0.3 is 11.9 Å². The molecule has 0 radical (unpaired) electrons.